The number of fused-ring (bicyclic) bond motifs is 1. The Morgan fingerprint density at radius 2 is 1.57 bits per heavy atom. The molecule has 0 saturated carbocycles. The molecule has 3 heteroatoms. The molecule has 0 unspecified atom stereocenters. The summed E-state index contributed by atoms with van der Waals surface area (Å²) in [5, 5.41) is 1.61. The van der Waals surface area contributed by atoms with Crippen LogP contribution in [-0.2, 0) is 0 Å². The van der Waals surface area contributed by atoms with Crippen molar-refractivity contribution in [2.75, 3.05) is 0 Å². The van der Waals surface area contributed by atoms with Crippen LogP contribution in [0.5, 0.6) is 0 Å². The van der Waals surface area contributed by atoms with E-state index >= 15 is 0 Å². The quantitative estimate of drug-likeness (QED) is 0.625. The van der Waals surface area contributed by atoms with Crippen LogP contribution >= 0.6 is 0 Å². The highest BCUT2D eigenvalue weighted by atomic mass is 19.1. The fourth-order valence-electron chi connectivity index (χ4n) is 2.39. The van der Waals surface area contributed by atoms with Gasteiger partial charge in [0.05, 0.1) is 5.56 Å². The first-order chi connectivity index (χ1) is 10.1. The summed E-state index contributed by atoms with van der Waals surface area (Å²) in [5.74, 6) is -1.80. The zero-order chi connectivity index (χ0) is 15.0. The van der Waals surface area contributed by atoms with Crippen LogP contribution in [-0.4, -0.2) is 5.78 Å². The fraction of sp³-hybridized carbons (Fsp3) is 0.0556. The zero-order valence-corrected chi connectivity index (χ0v) is 11.4. The van der Waals surface area contributed by atoms with Crippen LogP contribution in [0.3, 0.4) is 0 Å². The molecule has 0 fully saturated rings. The van der Waals surface area contributed by atoms with Crippen LogP contribution in [0, 0.1) is 18.6 Å². The van der Waals surface area contributed by atoms with Gasteiger partial charge in [0.15, 0.2) is 5.78 Å². The van der Waals surface area contributed by atoms with Crippen molar-refractivity contribution in [2.24, 2.45) is 0 Å². The number of ketones is 1. The van der Waals surface area contributed by atoms with Gasteiger partial charge in [0.2, 0.25) is 0 Å². The standard InChI is InChI=1S/C18H12F2O/c1-11-9-17(20)15(10-16(11)19)18(21)14-8-4-6-12-5-2-3-7-13(12)14/h2-10H,1H3. The predicted molar refractivity (Wildman–Crippen MR) is 78.5 cm³/mol. The van der Waals surface area contributed by atoms with Gasteiger partial charge in [0.1, 0.15) is 11.6 Å². The molecule has 0 bridgehead atoms. The van der Waals surface area contributed by atoms with Gasteiger partial charge in [0, 0.05) is 5.56 Å². The van der Waals surface area contributed by atoms with Crippen LogP contribution in [0.4, 0.5) is 8.78 Å². The Bertz CT molecular complexity index is 848. The van der Waals surface area contributed by atoms with Gasteiger partial charge in [-0.05, 0) is 35.4 Å². The highest BCUT2D eigenvalue weighted by molar-refractivity contribution is 6.16. The third-order valence-corrected chi connectivity index (χ3v) is 3.53. The van der Waals surface area contributed by atoms with Gasteiger partial charge in [-0.15, -0.1) is 0 Å². The summed E-state index contributed by atoms with van der Waals surface area (Å²) < 4.78 is 27.6. The molecule has 0 saturated heterocycles. The van der Waals surface area contributed by atoms with Crippen molar-refractivity contribution in [1.29, 1.82) is 0 Å². The first-order valence-corrected chi connectivity index (χ1v) is 6.56. The molecular formula is C18H12F2O. The molecular weight excluding hydrogens is 270 g/mol. The van der Waals surface area contributed by atoms with E-state index in [1.54, 1.807) is 18.2 Å². The molecule has 0 spiro atoms. The number of hydrogen-bond acceptors (Lipinski definition) is 1. The van der Waals surface area contributed by atoms with E-state index in [2.05, 4.69) is 0 Å². The van der Waals surface area contributed by atoms with Crippen LogP contribution in [0.25, 0.3) is 10.8 Å². The predicted octanol–water partition coefficient (Wildman–Crippen LogP) is 4.66. The Hall–Kier alpha value is -2.55. The van der Waals surface area contributed by atoms with Gasteiger partial charge in [0.25, 0.3) is 0 Å². The number of benzene rings is 3. The van der Waals surface area contributed by atoms with Gasteiger partial charge in [-0.3, -0.25) is 4.79 Å². The van der Waals surface area contributed by atoms with E-state index < -0.39 is 17.4 Å². The Kier molecular flexibility index (Phi) is 3.26. The molecule has 0 aliphatic rings. The van der Waals surface area contributed by atoms with E-state index in [-0.39, 0.29) is 11.1 Å². The summed E-state index contributed by atoms with van der Waals surface area (Å²) in [5.41, 5.74) is 0.312. The highest BCUT2D eigenvalue weighted by Crippen LogP contribution is 2.23. The van der Waals surface area contributed by atoms with E-state index in [1.807, 2.05) is 24.3 Å². The summed E-state index contributed by atoms with van der Waals surface area (Å²) >= 11 is 0. The molecule has 3 aromatic carbocycles. The smallest absolute Gasteiger partial charge is 0.196 e. The molecule has 3 rings (SSSR count). The minimum absolute atomic E-state index is 0.182. The molecule has 104 valence electrons. The monoisotopic (exact) mass is 282 g/mol. The lowest BCUT2D eigenvalue weighted by Gasteiger charge is -2.08. The Morgan fingerprint density at radius 3 is 2.38 bits per heavy atom. The van der Waals surface area contributed by atoms with E-state index in [1.165, 1.54) is 6.92 Å². The van der Waals surface area contributed by atoms with Gasteiger partial charge >= 0.3 is 0 Å². The molecule has 3 aromatic rings. The number of rotatable bonds is 2. The second kappa shape index (κ2) is 5.09. The van der Waals surface area contributed by atoms with Crippen molar-refractivity contribution in [2.45, 2.75) is 6.92 Å². The molecule has 0 amide bonds. The maximum absolute atomic E-state index is 14.0. The molecule has 0 N–H and O–H groups in total. The molecule has 0 aromatic heterocycles. The zero-order valence-electron chi connectivity index (χ0n) is 11.4. The summed E-state index contributed by atoms with van der Waals surface area (Å²) in [6, 6.07) is 14.6. The SMILES string of the molecule is Cc1cc(F)c(C(=O)c2cccc3ccccc23)cc1F. The molecule has 21 heavy (non-hydrogen) atoms. The van der Waals surface area contributed by atoms with Crippen LogP contribution in [0.15, 0.2) is 54.6 Å². The van der Waals surface area contributed by atoms with E-state index in [0.717, 1.165) is 22.9 Å². The second-order valence-electron chi connectivity index (χ2n) is 4.94. The summed E-state index contributed by atoms with van der Waals surface area (Å²) in [6.07, 6.45) is 0. The summed E-state index contributed by atoms with van der Waals surface area (Å²) in [6.45, 7) is 1.46. The Balaban J connectivity index is 2.20. The number of carbonyl (C=O) groups is 1. The summed E-state index contributed by atoms with van der Waals surface area (Å²) in [7, 11) is 0. The third-order valence-electron chi connectivity index (χ3n) is 3.53. The average molecular weight is 282 g/mol. The van der Waals surface area contributed by atoms with Crippen molar-refractivity contribution < 1.29 is 13.6 Å². The van der Waals surface area contributed by atoms with E-state index in [4.69, 9.17) is 0 Å². The molecule has 0 aliphatic carbocycles. The minimum Gasteiger partial charge on any atom is -0.288 e. The van der Waals surface area contributed by atoms with E-state index in [9.17, 15) is 13.6 Å². The summed E-state index contributed by atoms with van der Waals surface area (Å²) in [4.78, 5) is 12.5. The third kappa shape index (κ3) is 2.31. The normalized spacial score (nSPS) is 10.8. The lowest BCUT2D eigenvalue weighted by atomic mass is 9.96. The minimum atomic E-state index is -0.702. The largest absolute Gasteiger partial charge is 0.288 e. The lowest BCUT2D eigenvalue weighted by Crippen LogP contribution is -2.06. The molecule has 1 nitrogen and oxygen atoms in total. The average Bonchev–Trinajstić information content (AvgIpc) is 2.49. The van der Waals surface area contributed by atoms with Crippen molar-refractivity contribution in [3.8, 4) is 0 Å². The van der Waals surface area contributed by atoms with Crippen LogP contribution < -0.4 is 0 Å². The first-order valence-electron chi connectivity index (χ1n) is 6.56. The molecule has 0 radical (unpaired) electrons. The maximum Gasteiger partial charge on any atom is 0.196 e. The Labute approximate surface area is 120 Å². The molecule has 0 atom stereocenters. The van der Waals surface area contributed by atoms with Crippen molar-refractivity contribution >= 4 is 16.6 Å². The number of aryl methyl sites for hydroxylation is 1. The van der Waals surface area contributed by atoms with Crippen molar-refractivity contribution in [3.05, 3.63) is 82.9 Å². The number of carbonyl (C=O) groups excluding carboxylic acids is 1. The van der Waals surface area contributed by atoms with Crippen molar-refractivity contribution in [3.63, 3.8) is 0 Å². The van der Waals surface area contributed by atoms with Gasteiger partial charge in [-0.25, -0.2) is 8.78 Å². The van der Waals surface area contributed by atoms with Gasteiger partial charge in [-0.2, -0.15) is 0 Å². The van der Waals surface area contributed by atoms with Crippen LogP contribution in [0.1, 0.15) is 21.5 Å². The lowest BCUT2D eigenvalue weighted by molar-refractivity contribution is 0.103. The topological polar surface area (TPSA) is 17.1 Å². The Morgan fingerprint density at radius 1 is 0.857 bits per heavy atom. The van der Waals surface area contributed by atoms with Crippen LogP contribution in [0.2, 0.25) is 0 Å². The highest BCUT2D eigenvalue weighted by Gasteiger charge is 2.18. The fourth-order valence-corrected chi connectivity index (χ4v) is 2.39. The van der Waals surface area contributed by atoms with E-state index in [0.29, 0.717) is 5.56 Å². The second-order valence-corrected chi connectivity index (χ2v) is 4.94. The molecule has 0 aliphatic heterocycles. The number of hydrogen-bond donors (Lipinski definition) is 0. The van der Waals surface area contributed by atoms with Gasteiger partial charge in [-0.1, -0.05) is 42.5 Å². The first kappa shape index (κ1) is 13.4. The van der Waals surface area contributed by atoms with Crippen molar-refractivity contribution in [1.82, 2.24) is 0 Å². The maximum atomic E-state index is 14.0. The number of halogens is 2. The molecule has 0 heterocycles. The van der Waals surface area contributed by atoms with Gasteiger partial charge < -0.3 is 0 Å².